The van der Waals surface area contributed by atoms with E-state index in [2.05, 4.69) is 59.9 Å². The van der Waals surface area contributed by atoms with Crippen molar-refractivity contribution in [2.24, 2.45) is 0 Å². The van der Waals surface area contributed by atoms with Crippen LogP contribution in [0.25, 0.3) is 22.4 Å². The molecule has 0 spiro atoms. The summed E-state index contributed by atoms with van der Waals surface area (Å²) in [4.78, 5) is 8.00. The van der Waals surface area contributed by atoms with E-state index in [1.807, 2.05) is 18.2 Å². The van der Waals surface area contributed by atoms with Gasteiger partial charge in [-0.3, -0.25) is 0 Å². The van der Waals surface area contributed by atoms with Gasteiger partial charge in [-0.1, -0.05) is 61.2 Å². The average Bonchev–Trinajstić information content (AvgIpc) is 2.81. The summed E-state index contributed by atoms with van der Waals surface area (Å²) in [7, 11) is -1.22. The number of aromatic nitrogens is 2. The topological polar surface area (TPSA) is 28.7 Å². The Balaban J connectivity index is 2.02. The van der Waals surface area contributed by atoms with E-state index in [4.69, 9.17) is 0 Å². The number of H-pyrrole nitrogens is 1. The van der Waals surface area contributed by atoms with Gasteiger partial charge < -0.3 is 4.98 Å². The lowest BCUT2D eigenvalue weighted by molar-refractivity contribution is 1.34. The molecule has 0 saturated carbocycles. The van der Waals surface area contributed by atoms with Gasteiger partial charge in [0.15, 0.2) is 0 Å². The Morgan fingerprint density at radius 3 is 2.21 bits per heavy atom. The van der Waals surface area contributed by atoms with Crippen molar-refractivity contribution in [2.75, 3.05) is 0 Å². The molecule has 96 valence electrons. The molecule has 2 aromatic carbocycles. The van der Waals surface area contributed by atoms with Crippen LogP contribution in [0.15, 0.2) is 48.5 Å². The summed E-state index contributed by atoms with van der Waals surface area (Å²) in [5.41, 5.74) is 3.26. The van der Waals surface area contributed by atoms with Crippen molar-refractivity contribution in [3.8, 4) is 11.4 Å². The zero-order valence-electron chi connectivity index (χ0n) is 11.6. The second-order valence-electron chi connectivity index (χ2n) is 5.93. The first-order valence-electron chi connectivity index (χ1n) is 6.60. The van der Waals surface area contributed by atoms with Crippen LogP contribution < -0.4 is 5.19 Å². The standard InChI is InChI=1S/C16H18N2Si/c1-19(2,3)13-10-8-12(9-11-13)16-17-14-6-4-5-7-15(14)18-16/h4-11H,1-3H3,(H,17,18). The number of para-hydroxylation sites is 2. The molecule has 1 N–H and O–H groups in total. The molecule has 0 aliphatic heterocycles. The Hall–Kier alpha value is -1.87. The molecule has 3 heteroatoms. The Bertz CT molecular complexity index is 672. The van der Waals surface area contributed by atoms with Gasteiger partial charge in [0.25, 0.3) is 0 Å². The lowest BCUT2D eigenvalue weighted by Gasteiger charge is -2.16. The molecule has 0 aliphatic rings. The predicted octanol–water partition coefficient (Wildman–Crippen LogP) is 3.78. The number of hydrogen-bond donors (Lipinski definition) is 1. The molecule has 0 unspecified atom stereocenters. The SMILES string of the molecule is C[Si](C)(C)c1ccc(-c2nc3ccccc3[nH]2)cc1. The van der Waals surface area contributed by atoms with Gasteiger partial charge in [-0.15, -0.1) is 0 Å². The maximum atomic E-state index is 4.63. The van der Waals surface area contributed by atoms with Crippen LogP contribution in [0.5, 0.6) is 0 Å². The van der Waals surface area contributed by atoms with E-state index in [1.165, 1.54) is 5.19 Å². The van der Waals surface area contributed by atoms with Crippen LogP contribution in [0.1, 0.15) is 0 Å². The van der Waals surface area contributed by atoms with Crippen LogP contribution in [0.3, 0.4) is 0 Å². The average molecular weight is 266 g/mol. The monoisotopic (exact) mass is 266 g/mol. The second-order valence-corrected chi connectivity index (χ2v) is 11.0. The number of fused-ring (bicyclic) bond motifs is 1. The molecule has 0 amide bonds. The summed E-state index contributed by atoms with van der Waals surface area (Å²) >= 11 is 0. The van der Waals surface area contributed by atoms with E-state index >= 15 is 0 Å². The number of rotatable bonds is 2. The maximum absolute atomic E-state index is 4.63. The third kappa shape index (κ3) is 2.33. The quantitative estimate of drug-likeness (QED) is 0.703. The highest BCUT2D eigenvalue weighted by Gasteiger charge is 2.16. The third-order valence-electron chi connectivity index (χ3n) is 3.41. The number of benzene rings is 2. The minimum Gasteiger partial charge on any atom is -0.338 e. The van der Waals surface area contributed by atoms with Gasteiger partial charge in [0.1, 0.15) is 5.82 Å². The number of imidazole rings is 1. The molecule has 1 aromatic heterocycles. The number of aromatic amines is 1. The van der Waals surface area contributed by atoms with Crippen LogP contribution in [0.2, 0.25) is 19.6 Å². The van der Waals surface area contributed by atoms with E-state index in [9.17, 15) is 0 Å². The summed E-state index contributed by atoms with van der Waals surface area (Å²) < 4.78 is 0. The third-order valence-corrected chi connectivity index (χ3v) is 5.48. The normalized spacial score (nSPS) is 11.9. The van der Waals surface area contributed by atoms with Gasteiger partial charge in [0.05, 0.1) is 19.1 Å². The fraction of sp³-hybridized carbons (Fsp3) is 0.188. The van der Waals surface area contributed by atoms with E-state index in [1.54, 1.807) is 0 Å². The largest absolute Gasteiger partial charge is 0.338 e. The summed E-state index contributed by atoms with van der Waals surface area (Å²) in [5.74, 6) is 0.948. The molecular formula is C16H18N2Si. The van der Waals surface area contributed by atoms with Crippen molar-refractivity contribution in [1.82, 2.24) is 9.97 Å². The number of nitrogens with one attached hydrogen (secondary N) is 1. The summed E-state index contributed by atoms with van der Waals surface area (Å²) in [5, 5.41) is 1.48. The van der Waals surface area contributed by atoms with Gasteiger partial charge in [-0.25, -0.2) is 4.98 Å². The molecule has 0 saturated heterocycles. The van der Waals surface area contributed by atoms with Crippen molar-refractivity contribution in [2.45, 2.75) is 19.6 Å². The number of nitrogens with zero attached hydrogens (tertiary/aromatic N) is 1. The maximum Gasteiger partial charge on any atom is 0.138 e. The summed E-state index contributed by atoms with van der Waals surface area (Å²) in [6, 6.07) is 17.0. The molecule has 2 nitrogen and oxygen atoms in total. The van der Waals surface area contributed by atoms with Crippen molar-refractivity contribution in [3.05, 3.63) is 48.5 Å². The molecule has 0 atom stereocenters. The smallest absolute Gasteiger partial charge is 0.138 e. The van der Waals surface area contributed by atoms with Crippen LogP contribution in [-0.4, -0.2) is 18.0 Å². The van der Waals surface area contributed by atoms with Crippen molar-refractivity contribution >= 4 is 24.3 Å². The lowest BCUT2D eigenvalue weighted by atomic mass is 10.2. The fourth-order valence-electron chi connectivity index (χ4n) is 2.22. The Labute approximate surface area is 114 Å². The van der Waals surface area contributed by atoms with Gasteiger partial charge >= 0.3 is 0 Å². The molecule has 1 heterocycles. The first-order chi connectivity index (χ1) is 9.04. The van der Waals surface area contributed by atoms with E-state index in [0.717, 1.165) is 22.4 Å². The van der Waals surface area contributed by atoms with Crippen molar-refractivity contribution in [1.29, 1.82) is 0 Å². The van der Waals surface area contributed by atoms with Crippen molar-refractivity contribution < 1.29 is 0 Å². The molecule has 3 aromatic rings. The van der Waals surface area contributed by atoms with Gasteiger partial charge in [0, 0.05) is 5.56 Å². The number of hydrogen-bond acceptors (Lipinski definition) is 1. The zero-order valence-corrected chi connectivity index (χ0v) is 12.6. The fourth-order valence-corrected chi connectivity index (χ4v) is 3.38. The molecule has 0 fully saturated rings. The zero-order chi connectivity index (χ0) is 13.5. The van der Waals surface area contributed by atoms with Crippen LogP contribution >= 0.6 is 0 Å². The first-order valence-corrected chi connectivity index (χ1v) is 10.1. The van der Waals surface area contributed by atoms with E-state index in [0.29, 0.717) is 0 Å². The van der Waals surface area contributed by atoms with Gasteiger partial charge in [-0.2, -0.15) is 0 Å². The summed E-state index contributed by atoms with van der Waals surface area (Å²) in [6.07, 6.45) is 0. The highest BCUT2D eigenvalue weighted by atomic mass is 28.3. The Kier molecular flexibility index (Phi) is 2.79. The highest BCUT2D eigenvalue weighted by molar-refractivity contribution is 6.88. The van der Waals surface area contributed by atoms with Crippen LogP contribution in [0, 0.1) is 0 Å². The van der Waals surface area contributed by atoms with Crippen molar-refractivity contribution in [3.63, 3.8) is 0 Å². The highest BCUT2D eigenvalue weighted by Crippen LogP contribution is 2.19. The predicted molar refractivity (Wildman–Crippen MR) is 84.5 cm³/mol. The minimum atomic E-state index is -1.22. The molecule has 0 radical (unpaired) electrons. The molecule has 0 aliphatic carbocycles. The molecule has 3 rings (SSSR count). The second kappa shape index (κ2) is 4.35. The molecule has 19 heavy (non-hydrogen) atoms. The lowest BCUT2D eigenvalue weighted by Crippen LogP contribution is -2.37. The minimum absolute atomic E-state index is 0.948. The summed E-state index contributed by atoms with van der Waals surface area (Å²) in [6.45, 7) is 7.09. The van der Waals surface area contributed by atoms with Crippen LogP contribution in [-0.2, 0) is 0 Å². The van der Waals surface area contributed by atoms with Crippen LogP contribution in [0.4, 0.5) is 0 Å². The first kappa shape index (κ1) is 12.2. The van der Waals surface area contributed by atoms with E-state index < -0.39 is 8.07 Å². The Morgan fingerprint density at radius 1 is 0.895 bits per heavy atom. The van der Waals surface area contributed by atoms with E-state index in [-0.39, 0.29) is 0 Å². The molecular weight excluding hydrogens is 248 g/mol. The Morgan fingerprint density at radius 2 is 1.58 bits per heavy atom. The van der Waals surface area contributed by atoms with Gasteiger partial charge in [0.2, 0.25) is 0 Å². The van der Waals surface area contributed by atoms with Gasteiger partial charge in [-0.05, 0) is 12.1 Å². The molecule has 0 bridgehead atoms.